The SMILES string of the molecule is CN.COC(=S)CCCS(=O)(=O)O.O=c1ccc2ccccc2o1. The van der Waals surface area contributed by atoms with Crippen molar-refractivity contribution >= 4 is 38.4 Å². The molecule has 0 saturated heterocycles. The van der Waals surface area contributed by atoms with E-state index in [0.717, 1.165) is 5.39 Å². The molecule has 1 aromatic carbocycles. The van der Waals surface area contributed by atoms with Crippen molar-refractivity contribution in [2.75, 3.05) is 19.9 Å². The molecule has 0 bridgehead atoms. The number of hydrogen-bond acceptors (Lipinski definition) is 7. The van der Waals surface area contributed by atoms with Gasteiger partial charge in [-0.2, -0.15) is 8.42 Å². The number of benzene rings is 1. The number of nitrogens with two attached hydrogens (primary N) is 1. The zero-order valence-electron chi connectivity index (χ0n) is 13.5. The predicted octanol–water partition coefficient (Wildman–Crippen LogP) is 2.00. The first kappa shape index (κ1) is 22.2. The van der Waals surface area contributed by atoms with Crippen LogP contribution < -0.4 is 11.4 Å². The number of fused-ring (bicyclic) bond motifs is 1. The second-order valence-electron chi connectivity index (χ2n) is 4.26. The molecule has 0 aliphatic rings. The maximum absolute atomic E-state index is 10.7. The van der Waals surface area contributed by atoms with Crippen LogP contribution in [0, 0.1) is 0 Å². The molecule has 0 amide bonds. The van der Waals surface area contributed by atoms with Crippen LogP contribution >= 0.6 is 12.2 Å². The number of hydrogen-bond donors (Lipinski definition) is 2. The van der Waals surface area contributed by atoms with Crippen LogP contribution in [0.25, 0.3) is 11.0 Å². The summed E-state index contributed by atoms with van der Waals surface area (Å²) < 4.78 is 38.2. The Morgan fingerprint density at radius 3 is 2.46 bits per heavy atom. The van der Waals surface area contributed by atoms with Crippen LogP contribution in [0.15, 0.2) is 45.6 Å². The van der Waals surface area contributed by atoms with Crippen molar-refractivity contribution in [3.05, 3.63) is 46.8 Å². The Labute approximate surface area is 146 Å². The third-order valence-corrected chi connectivity index (χ3v) is 3.71. The van der Waals surface area contributed by atoms with Crippen LogP contribution in [-0.4, -0.2) is 37.9 Å². The number of thiocarbonyl (C=S) groups is 1. The summed E-state index contributed by atoms with van der Waals surface area (Å²) in [6.45, 7) is 0. The van der Waals surface area contributed by atoms with E-state index in [2.05, 4.69) is 22.7 Å². The van der Waals surface area contributed by atoms with Crippen LogP contribution in [0.5, 0.6) is 0 Å². The van der Waals surface area contributed by atoms with Gasteiger partial charge in [-0.3, -0.25) is 4.55 Å². The maximum atomic E-state index is 10.7. The molecule has 0 saturated carbocycles. The first-order valence-electron chi connectivity index (χ1n) is 6.90. The lowest BCUT2D eigenvalue weighted by molar-refractivity contribution is 0.401. The summed E-state index contributed by atoms with van der Waals surface area (Å²) >= 11 is 4.64. The first-order valence-corrected chi connectivity index (χ1v) is 8.92. The summed E-state index contributed by atoms with van der Waals surface area (Å²) in [5, 5.41) is 1.31. The van der Waals surface area contributed by atoms with Gasteiger partial charge in [0, 0.05) is 17.9 Å². The summed E-state index contributed by atoms with van der Waals surface area (Å²) in [6, 6.07) is 10.6. The normalized spacial score (nSPS) is 10.0. The van der Waals surface area contributed by atoms with Gasteiger partial charge < -0.3 is 14.9 Å². The van der Waals surface area contributed by atoms with Gasteiger partial charge in [-0.25, -0.2) is 4.79 Å². The Kier molecular flexibility index (Phi) is 10.8. The Morgan fingerprint density at radius 1 is 1.25 bits per heavy atom. The van der Waals surface area contributed by atoms with E-state index in [1.807, 2.05) is 18.2 Å². The molecule has 9 heteroatoms. The van der Waals surface area contributed by atoms with Gasteiger partial charge in [0.1, 0.15) is 5.58 Å². The molecule has 2 aromatic rings. The molecular weight excluding hydrogens is 354 g/mol. The van der Waals surface area contributed by atoms with Crippen LogP contribution in [-0.2, 0) is 14.9 Å². The van der Waals surface area contributed by atoms with Crippen LogP contribution in [0.3, 0.4) is 0 Å². The van der Waals surface area contributed by atoms with Crippen molar-refractivity contribution in [2.45, 2.75) is 12.8 Å². The summed E-state index contributed by atoms with van der Waals surface area (Å²) in [5.74, 6) is -0.267. The third kappa shape index (κ3) is 10.1. The minimum atomic E-state index is -3.84. The zero-order valence-corrected chi connectivity index (χ0v) is 15.1. The van der Waals surface area contributed by atoms with Crippen LogP contribution in [0.1, 0.15) is 12.8 Å². The number of methoxy groups -OCH3 is 1. The van der Waals surface area contributed by atoms with Gasteiger partial charge in [-0.15, -0.1) is 0 Å². The van der Waals surface area contributed by atoms with Crippen molar-refractivity contribution in [3.63, 3.8) is 0 Å². The van der Waals surface area contributed by atoms with Crippen molar-refractivity contribution in [2.24, 2.45) is 5.73 Å². The third-order valence-electron chi connectivity index (χ3n) is 2.54. The lowest BCUT2D eigenvalue weighted by Crippen LogP contribution is -2.06. The Hall–Kier alpha value is -1.81. The van der Waals surface area contributed by atoms with Gasteiger partial charge in [-0.1, -0.05) is 18.2 Å². The molecule has 0 unspecified atom stereocenters. The number of para-hydroxylation sites is 1. The van der Waals surface area contributed by atoms with E-state index in [0.29, 0.717) is 23.5 Å². The van der Waals surface area contributed by atoms with Crippen molar-refractivity contribution in [1.82, 2.24) is 0 Å². The zero-order chi connectivity index (χ0) is 18.6. The molecule has 0 radical (unpaired) electrons. The van der Waals surface area contributed by atoms with E-state index < -0.39 is 10.1 Å². The summed E-state index contributed by atoms with van der Waals surface area (Å²) in [7, 11) is -0.917. The highest BCUT2D eigenvalue weighted by Crippen LogP contribution is 2.08. The average Bonchev–Trinajstić information content (AvgIpc) is 2.56. The Bertz CT molecular complexity index is 786. The Balaban J connectivity index is 0.000000400. The fraction of sp³-hybridized carbons (Fsp3) is 0.333. The molecule has 0 atom stereocenters. The van der Waals surface area contributed by atoms with Gasteiger partial charge >= 0.3 is 5.63 Å². The largest absolute Gasteiger partial charge is 0.490 e. The second kappa shape index (κ2) is 11.7. The molecule has 1 heterocycles. The monoisotopic (exact) mass is 375 g/mol. The molecule has 0 aliphatic heterocycles. The first-order chi connectivity index (χ1) is 11.3. The molecule has 1 aromatic heterocycles. The van der Waals surface area contributed by atoms with Gasteiger partial charge in [0.05, 0.1) is 12.9 Å². The summed E-state index contributed by atoms with van der Waals surface area (Å²) in [6.07, 6.45) is 0.678. The van der Waals surface area contributed by atoms with Crippen molar-refractivity contribution in [3.8, 4) is 0 Å². The lowest BCUT2D eigenvalue weighted by Gasteiger charge is -1.99. The van der Waals surface area contributed by atoms with E-state index in [1.165, 1.54) is 20.2 Å². The predicted molar refractivity (Wildman–Crippen MR) is 97.9 cm³/mol. The fourth-order valence-electron chi connectivity index (χ4n) is 1.51. The highest BCUT2D eigenvalue weighted by atomic mass is 32.2. The van der Waals surface area contributed by atoms with Gasteiger partial charge in [0.25, 0.3) is 10.1 Å². The molecule has 134 valence electrons. The van der Waals surface area contributed by atoms with E-state index in [1.54, 1.807) is 12.1 Å². The van der Waals surface area contributed by atoms with E-state index in [-0.39, 0.29) is 11.4 Å². The Morgan fingerprint density at radius 2 is 1.88 bits per heavy atom. The topological polar surface area (TPSA) is 120 Å². The minimum Gasteiger partial charge on any atom is -0.490 e. The summed E-state index contributed by atoms with van der Waals surface area (Å²) in [5.41, 5.74) is 4.84. The highest BCUT2D eigenvalue weighted by molar-refractivity contribution is 7.85. The molecule has 0 spiro atoms. The molecule has 7 nitrogen and oxygen atoms in total. The number of ether oxygens (including phenoxy) is 1. The van der Waals surface area contributed by atoms with Crippen molar-refractivity contribution < 1.29 is 22.1 Å². The standard InChI is InChI=1S/C9H6O2.C5H10O4S2.CH5N/c10-9-6-5-7-3-1-2-4-8(7)11-9;1-9-5(10)3-2-4-11(6,7)8;1-2/h1-6H;2-4H2,1H3,(H,6,7,8);2H2,1H3. The smallest absolute Gasteiger partial charge is 0.336 e. The average molecular weight is 375 g/mol. The van der Waals surface area contributed by atoms with Gasteiger partial charge in [-0.05, 0) is 37.8 Å². The molecule has 0 aliphatic carbocycles. The van der Waals surface area contributed by atoms with Crippen LogP contribution in [0.2, 0.25) is 0 Å². The highest BCUT2D eigenvalue weighted by Gasteiger charge is 2.04. The van der Waals surface area contributed by atoms with Gasteiger partial charge in [0.2, 0.25) is 0 Å². The molecule has 0 fully saturated rings. The van der Waals surface area contributed by atoms with Crippen LogP contribution in [0.4, 0.5) is 0 Å². The maximum Gasteiger partial charge on any atom is 0.336 e. The quantitative estimate of drug-likeness (QED) is 0.473. The van der Waals surface area contributed by atoms with Gasteiger partial charge in [0.15, 0.2) is 5.05 Å². The number of rotatable bonds is 4. The van der Waals surface area contributed by atoms with Crippen molar-refractivity contribution in [1.29, 1.82) is 0 Å². The molecule has 24 heavy (non-hydrogen) atoms. The lowest BCUT2D eigenvalue weighted by atomic mass is 10.2. The minimum absolute atomic E-state index is 0.267. The molecular formula is C15H21NO6S2. The van der Waals surface area contributed by atoms with E-state index in [9.17, 15) is 13.2 Å². The summed E-state index contributed by atoms with van der Waals surface area (Å²) in [4.78, 5) is 10.7. The molecule has 3 N–H and O–H groups in total. The molecule has 2 rings (SSSR count). The fourth-order valence-corrected chi connectivity index (χ4v) is 2.17. The van der Waals surface area contributed by atoms with E-state index in [4.69, 9.17) is 8.97 Å². The second-order valence-corrected chi connectivity index (χ2v) is 6.29. The van der Waals surface area contributed by atoms with E-state index >= 15 is 0 Å².